The van der Waals surface area contributed by atoms with E-state index in [4.69, 9.17) is 0 Å². The Hall–Kier alpha value is -3.16. The Morgan fingerprint density at radius 2 is 1.79 bits per heavy atom. The molecule has 1 aliphatic rings. The molecule has 2 aromatic rings. The molecule has 1 fully saturated rings. The molecule has 29 heavy (non-hydrogen) atoms. The van der Waals surface area contributed by atoms with Crippen molar-refractivity contribution in [2.45, 2.75) is 19.1 Å². The van der Waals surface area contributed by atoms with Gasteiger partial charge in [-0.15, -0.1) is 0 Å². The van der Waals surface area contributed by atoms with Crippen molar-refractivity contribution in [3.8, 4) is 0 Å². The topological polar surface area (TPSA) is 53.5 Å². The normalized spacial score (nSPS) is 15.6. The van der Waals surface area contributed by atoms with Gasteiger partial charge < -0.3 is 9.80 Å². The summed E-state index contributed by atoms with van der Waals surface area (Å²) >= 11 is 0. The standard InChI is InChI=1S/C21H20F3N3O2/c22-21(23,24)18-4-2-1-3-17(18)15-27-14-13-26(12-9-20(27)29)19(28)6-5-16-7-10-25-11-8-16/h1-8,10-11H,9,12-15H2/b6-5+. The first-order valence-corrected chi connectivity index (χ1v) is 9.14. The van der Waals surface area contributed by atoms with Crippen LogP contribution in [-0.2, 0) is 22.3 Å². The van der Waals surface area contributed by atoms with Gasteiger partial charge in [-0.1, -0.05) is 18.2 Å². The summed E-state index contributed by atoms with van der Waals surface area (Å²) in [5.74, 6) is -0.512. The van der Waals surface area contributed by atoms with Gasteiger partial charge in [0.1, 0.15) is 0 Å². The molecule has 152 valence electrons. The molecule has 2 heterocycles. The number of nitrogens with zero attached hydrogens (tertiary/aromatic N) is 3. The lowest BCUT2D eigenvalue weighted by Gasteiger charge is -2.23. The van der Waals surface area contributed by atoms with E-state index in [0.717, 1.165) is 11.6 Å². The van der Waals surface area contributed by atoms with Crippen molar-refractivity contribution in [2.75, 3.05) is 19.6 Å². The summed E-state index contributed by atoms with van der Waals surface area (Å²) in [7, 11) is 0. The Balaban J connectivity index is 1.66. The molecule has 0 aliphatic carbocycles. The fraction of sp³-hybridized carbons (Fsp3) is 0.286. The first kappa shape index (κ1) is 20.6. The average Bonchev–Trinajstić information content (AvgIpc) is 2.88. The van der Waals surface area contributed by atoms with E-state index in [1.807, 2.05) is 0 Å². The van der Waals surface area contributed by atoms with E-state index in [0.29, 0.717) is 0 Å². The third-order valence-electron chi connectivity index (χ3n) is 4.71. The van der Waals surface area contributed by atoms with Crippen molar-refractivity contribution in [1.82, 2.24) is 14.8 Å². The fourth-order valence-electron chi connectivity index (χ4n) is 3.14. The Kier molecular flexibility index (Phi) is 6.31. The van der Waals surface area contributed by atoms with Crippen LogP contribution in [0.4, 0.5) is 13.2 Å². The smallest absolute Gasteiger partial charge is 0.337 e. The van der Waals surface area contributed by atoms with Crippen LogP contribution in [0, 0.1) is 0 Å². The number of carbonyl (C=O) groups excluding carboxylic acids is 2. The maximum Gasteiger partial charge on any atom is 0.416 e. The van der Waals surface area contributed by atoms with Crippen LogP contribution in [0.5, 0.6) is 0 Å². The predicted octanol–water partition coefficient (Wildman–Crippen LogP) is 3.37. The van der Waals surface area contributed by atoms with Crippen LogP contribution in [0.15, 0.2) is 54.9 Å². The fourth-order valence-corrected chi connectivity index (χ4v) is 3.14. The van der Waals surface area contributed by atoms with Gasteiger partial charge in [0.2, 0.25) is 11.8 Å². The molecule has 1 aliphatic heterocycles. The summed E-state index contributed by atoms with van der Waals surface area (Å²) in [6.07, 6.45) is 1.91. The number of carbonyl (C=O) groups is 2. The highest BCUT2D eigenvalue weighted by atomic mass is 19.4. The summed E-state index contributed by atoms with van der Waals surface area (Å²) in [4.78, 5) is 31.7. The predicted molar refractivity (Wildman–Crippen MR) is 101 cm³/mol. The zero-order valence-corrected chi connectivity index (χ0v) is 15.6. The molecule has 1 aromatic heterocycles. The largest absolute Gasteiger partial charge is 0.416 e. The number of amides is 2. The zero-order chi connectivity index (χ0) is 20.9. The maximum atomic E-state index is 13.2. The van der Waals surface area contributed by atoms with E-state index in [-0.39, 0.29) is 50.0 Å². The van der Waals surface area contributed by atoms with Gasteiger partial charge in [-0.2, -0.15) is 13.2 Å². The number of hydrogen-bond donors (Lipinski definition) is 0. The molecular weight excluding hydrogens is 383 g/mol. The minimum atomic E-state index is -4.48. The minimum Gasteiger partial charge on any atom is -0.337 e. The quantitative estimate of drug-likeness (QED) is 0.736. The molecule has 0 bridgehead atoms. The number of hydrogen-bond acceptors (Lipinski definition) is 3. The summed E-state index contributed by atoms with van der Waals surface area (Å²) in [6.45, 7) is 0.540. The van der Waals surface area contributed by atoms with Gasteiger partial charge in [-0.3, -0.25) is 14.6 Å². The van der Waals surface area contributed by atoms with Gasteiger partial charge in [-0.25, -0.2) is 0 Å². The maximum absolute atomic E-state index is 13.2. The Bertz CT molecular complexity index is 898. The van der Waals surface area contributed by atoms with Crippen molar-refractivity contribution < 1.29 is 22.8 Å². The van der Waals surface area contributed by atoms with Crippen molar-refractivity contribution in [2.24, 2.45) is 0 Å². The molecule has 0 atom stereocenters. The summed E-state index contributed by atoms with van der Waals surface area (Å²) in [5.41, 5.74) is 0.126. The second kappa shape index (κ2) is 8.89. The van der Waals surface area contributed by atoms with Crippen LogP contribution in [0.25, 0.3) is 6.08 Å². The minimum absolute atomic E-state index is 0.0470. The van der Waals surface area contributed by atoms with E-state index < -0.39 is 11.7 Å². The lowest BCUT2D eigenvalue weighted by molar-refractivity contribution is -0.139. The second-order valence-electron chi connectivity index (χ2n) is 6.66. The summed E-state index contributed by atoms with van der Waals surface area (Å²) in [6, 6.07) is 8.75. The number of alkyl halides is 3. The van der Waals surface area contributed by atoms with E-state index in [1.165, 1.54) is 34.1 Å². The van der Waals surface area contributed by atoms with Gasteiger partial charge in [0.15, 0.2) is 0 Å². The molecular formula is C21H20F3N3O2. The van der Waals surface area contributed by atoms with Crippen LogP contribution in [0.3, 0.4) is 0 Å². The molecule has 2 amide bonds. The molecule has 1 aromatic carbocycles. The van der Waals surface area contributed by atoms with Gasteiger partial charge in [-0.05, 0) is 35.4 Å². The summed E-state index contributed by atoms with van der Waals surface area (Å²) in [5, 5.41) is 0. The molecule has 3 rings (SSSR count). The van der Waals surface area contributed by atoms with Crippen LogP contribution in [-0.4, -0.2) is 46.2 Å². The number of pyridine rings is 1. The highest BCUT2D eigenvalue weighted by Crippen LogP contribution is 2.32. The van der Waals surface area contributed by atoms with Crippen LogP contribution in [0.1, 0.15) is 23.1 Å². The van der Waals surface area contributed by atoms with E-state index in [2.05, 4.69) is 4.98 Å². The first-order valence-electron chi connectivity index (χ1n) is 9.14. The number of rotatable bonds is 4. The van der Waals surface area contributed by atoms with Crippen LogP contribution < -0.4 is 0 Å². The van der Waals surface area contributed by atoms with Crippen molar-refractivity contribution >= 4 is 17.9 Å². The highest BCUT2D eigenvalue weighted by molar-refractivity contribution is 5.92. The molecule has 0 N–H and O–H groups in total. The monoisotopic (exact) mass is 403 g/mol. The highest BCUT2D eigenvalue weighted by Gasteiger charge is 2.34. The van der Waals surface area contributed by atoms with E-state index in [1.54, 1.807) is 30.6 Å². The van der Waals surface area contributed by atoms with Crippen molar-refractivity contribution in [1.29, 1.82) is 0 Å². The van der Waals surface area contributed by atoms with Crippen LogP contribution in [0.2, 0.25) is 0 Å². The van der Waals surface area contributed by atoms with Crippen molar-refractivity contribution in [3.63, 3.8) is 0 Å². The second-order valence-corrected chi connectivity index (χ2v) is 6.66. The average molecular weight is 403 g/mol. The Morgan fingerprint density at radius 3 is 2.52 bits per heavy atom. The van der Waals surface area contributed by atoms with Crippen molar-refractivity contribution in [3.05, 3.63) is 71.6 Å². The van der Waals surface area contributed by atoms with Gasteiger partial charge in [0.05, 0.1) is 5.56 Å². The Morgan fingerprint density at radius 1 is 1.07 bits per heavy atom. The summed E-state index contributed by atoms with van der Waals surface area (Å²) < 4.78 is 39.6. The molecule has 5 nitrogen and oxygen atoms in total. The number of aromatic nitrogens is 1. The SMILES string of the molecule is O=C(/C=C/c1ccncc1)N1CCC(=O)N(Cc2ccccc2C(F)(F)F)CC1. The molecule has 0 saturated carbocycles. The van der Waals surface area contributed by atoms with E-state index >= 15 is 0 Å². The zero-order valence-electron chi connectivity index (χ0n) is 15.6. The van der Waals surface area contributed by atoms with Crippen LogP contribution >= 0.6 is 0 Å². The van der Waals surface area contributed by atoms with Gasteiger partial charge >= 0.3 is 6.18 Å². The van der Waals surface area contributed by atoms with Gasteiger partial charge in [0, 0.05) is 51.1 Å². The third kappa shape index (κ3) is 5.43. The van der Waals surface area contributed by atoms with Gasteiger partial charge in [0.25, 0.3) is 0 Å². The lowest BCUT2D eigenvalue weighted by Crippen LogP contribution is -2.35. The molecule has 0 unspecified atom stereocenters. The first-order chi connectivity index (χ1) is 13.8. The van der Waals surface area contributed by atoms with E-state index in [9.17, 15) is 22.8 Å². The number of benzene rings is 1. The number of halogens is 3. The Labute approximate surface area is 166 Å². The molecule has 8 heteroatoms. The lowest BCUT2D eigenvalue weighted by atomic mass is 10.1. The third-order valence-corrected chi connectivity index (χ3v) is 4.71. The molecule has 0 spiro atoms. The molecule has 0 radical (unpaired) electrons. The molecule has 1 saturated heterocycles.